The molecule has 1 fully saturated rings. The number of rotatable bonds is 1. The molecule has 3 unspecified atom stereocenters. The van der Waals surface area contributed by atoms with Crippen molar-refractivity contribution in [1.29, 1.82) is 0 Å². The zero-order valence-corrected chi connectivity index (χ0v) is 11.6. The van der Waals surface area contributed by atoms with Gasteiger partial charge in [-0.15, -0.1) is 0 Å². The molecule has 0 aliphatic carbocycles. The Balaban J connectivity index is 2.17. The monoisotopic (exact) mass is 273 g/mol. The molecule has 1 N–H and O–H groups in total. The van der Waals surface area contributed by atoms with Crippen molar-refractivity contribution in [2.75, 3.05) is 13.2 Å². The summed E-state index contributed by atoms with van der Waals surface area (Å²) >= 11 is 12.1. The lowest BCUT2D eigenvalue weighted by Gasteiger charge is -2.17. The zero-order chi connectivity index (χ0) is 12.4. The van der Waals surface area contributed by atoms with Crippen LogP contribution < -0.4 is 5.32 Å². The van der Waals surface area contributed by atoms with Crippen molar-refractivity contribution < 1.29 is 4.74 Å². The van der Waals surface area contributed by atoms with Crippen LogP contribution in [0.2, 0.25) is 10.0 Å². The van der Waals surface area contributed by atoms with E-state index in [4.69, 9.17) is 27.9 Å². The van der Waals surface area contributed by atoms with Gasteiger partial charge in [-0.1, -0.05) is 36.2 Å². The van der Waals surface area contributed by atoms with Gasteiger partial charge in [0.2, 0.25) is 0 Å². The van der Waals surface area contributed by atoms with Gasteiger partial charge in [0.05, 0.1) is 12.7 Å². The average molecular weight is 274 g/mol. The highest BCUT2D eigenvalue weighted by Crippen LogP contribution is 2.29. The van der Waals surface area contributed by atoms with Gasteiger partial charge in [-0.2, -0.15) is 0 Å². The van der Waals surface area contributed by atoms with Crippen LogP contribution in [-0.2, 0) is 4.74 Å². The van der Waals surface area contributed by atoms with E-state index in [1.807, 2.05) is 12.1 Å². The van der Waals surface area contributed by atoms with Crippen LogP contribution in [0, 0.1) is 5.92 Å². The Hall–Kier alpha value is -0.280. The molecule has 1 saturated heterocycles. The highest BCUT2D eigenvalue weighted by atomic mass is 35.5. The van der Waals surface area contributed by atoms with Crippen molar-refractivity contribution >= 4 is 23.2 Å². The molecular formula is C13H17Cl2NO. The van der Waals surface area contributed by atoms with Crippen LogP contribution in [-0.4, -0.2) is 19.2 Å². The molecule has 94 valence electrons. The predicted octanol–water partition coefficient (Wildman–Crippen LogP) is 3.68. The summed E-state index contributed by atoms with van der Waals surface area (Å²) in [6.45, 7) is 5.90. The van der Waals surface area contributed by atoms with Gasteiger partial charge in [-0.25, -0.2) is 0 Å². The van der Waals surface area contributed by atoms with Crippen molar-refractivity contribution in [2.24, 2.45) is 5.92 Å². The van der Waals surface area contributed by atoms with Crippen molar-refractivity contribution in [2.45, 2.75) is 26.0 Å². The number of benzene rings is 1. The molecule has 1 aromatic carbocycles. The largest absolute Gasteiger partial charge is 0.372 e. The maximum absolute atomic E-state index is 6.20. The number of nitrogens with one attached hydrogen (secondary N) is 1. The van der Waals surface area contributed by atoms with E-state index in [-0.39, 0.29) is 6.10 Å². The smallest absolute Gasteiger partial charge is 0.0963 e. The van der Waals surface area contributed by atoms with E-state index in [0.717, 1.165) is 18.7 Å². The predicted molar refractivity (Wildman–Crippen MR) is 71.8 cm³/mol. The summed E-state index contributed by atoms with van der Waals surface area (Å²) in [5.41, 5.74) is 1.00. The van der Waals surface area contributed by atoms with Gasteiger partial charge in [0.15, 0.2) is 0 Å². The van der Waals surface area contributed by atoms with Crippen LogP contribution >= 0.6 is 23.2 Å². The summed E-state index contributed by atoms with van der Waals surface area (Å²) in [6.07, 6.45) is 0.00664. The summed E-state index contributed by atoms with van der Waals surface area (Å²) in [6, 6.07) is 6.02. The average Bonchev–Trinajstić information content (AvgIpc) is 2.44. The minimum atomic E-state index is 0.00664. The Morgan fingerprint density at radius 1 is 1.29 bits per heavy atom. The Labute approximate surface area is 112 Å². The summed E-state index contributed by atoms with van der Waals surface area (Å²) in [5.74, 6) is 0.506. The normalized spacial score (nSPS) is 30.0. The SMILES string of the molecule is CC1COC(c2ccc(Cl)cc2Cl)CNC1C. The molecule has 4 heteroatoms. The Kier molecular flexibility index (Phi) is 4.31. The maximum Gasteiger partial charge on any atom is 0.0963 e. The van der Waals surface area contributed by atoms with Gasteiger partial charge in [-0.05, 0) is 25.0 Å². The van der Waals surface area contributed by atoms with Gasteiger partial charge >= 0.3 is 0 Å². The molecule has 2 rings (SSSR count). The van der Waals surface area contributed by atoms with E-state index in [1.165, 1.54) is 0 Å². The first kappa shape index (κ1) is 13.2. The number of ether oxygens (including phenoxy) is 1. The molecular weight excluding hydrogens is 257 g/mol. The number of hydrogen-bond acceptors (Lipinski definition) is 2. The summed E-state index contributed by atoms with van der Waals surface area (Å²) in [7, 11) is 0. The van der Waals surface area contributed by atoms with Crippen LogP contribution in [0.3, 0.4) is 0 Å². The molecule has 0 spiro atoms. The van der Waals surface area contributed by atoms with Gasteiger partial charge in [0.25, 0.3) is 0 Å². The Bertz CT molecular complexity index is 385. The lowest BCUT2D eigenvalue weighted by molar-refractivity contribution is 0.0497. The summed E-state index contributed by atoms with van der Waals surface area (Å²) in [5, 5.41) is 4.80. The number of halogens is 2. The fourth-order valence-electron chi connectivity index (χ4n) is 1.93. The maximum atomic E-state index is 6.20. The highest BCUT2D eigenvalue weighted by Gasteiger charge is 2.23. The second kappa shape index (κ2) is 5.57. The lowest BCUT2D eigenvalue weighted by atomic mass is 10.1. The highest BCUT2D eigenvalue weighted by molar-refractivity contribution is 6.35. The zero-order valence-electron chi connectivity index (χ0n) is 10.0. The van der Waals surface area contributed by atoms with Crippen LogP contribution in [0.5, 0.6) is 0 Å². The molecule has 1 aliphatic rings. The summed E-state index contributed by atoms with van der Waals surface area (Å²) < 4.78 is 5.90. The third-order valence-corrected chi connectivity index (χ3v) is 3.91. The quantitative estimate of drug-likeness (QED) is 0.843. The molecule has 1 aromatic rings. The minimum Gasteiger partial charge on any atom is -0.372 e. The van der Waals surface area contributed by atoms with Crippen LogP contribution in [0.25, 0.3) is 0 Å². The van der Waals surface area contributed by atoms with E-state index in [9.17, 15) is 0 Å². The van der Waals surface area contributed by atoms with Gasteiger partial charge < -0.3 is 10.1 Å². The van der Waals surface area contributed by atoms with Crippen molar-refractivity contribution in [1.82, 2.24) is 5.32 Å². The molecule has 0 radical (unpaired) electrons. The summed E-state index contributed by atoms with van der Waals surface area (Å²) in [4.78, 5) is 0. The fourth-order valence-corrected chi connectivity index (χ4v) is 2.46. The number of hydrogen-bond donors (Lipinski definition) is 1. The third-order valence-electron chi connectivity index (χ3n) is 3.35. The standard InChI is InChI=1S/C13H17Cl2NO/c1-8-7-17-13(6-16-9(8)2)11-4-3-10(14)5-12(11)15/h3-5,8-9,13,16H,6-7H2,1-2H3. The lowest BCUT2D eigenvalue weighted by Crippen LogP contribution is -2.32. The third kappa shape index (κ3) is 3.14. The van der Waals surface area contributed by atoms with E-state index >= 15 is 0 Å². The second-order valence-electron chi connectivity index (χ2n) is 4.66. The Morgan fingerprint density at radius 3 is 2.76 bits per heavy atom. The minimum absolute atomic E-state index is 0.00664. The van der Waals surface area contributed by atoms with Gasteiger partial charge in [0.1, 0.15) is 0 Å². The first-order valence-corrected chi connectivity index (χ1v) is 6.63. The van der Waals surface area contributed by atoms with Crippen molar-refractivity contribution in [3.8, 4) is 0 Å². The van der Waals surface area contributed by atoms with Crippen LogP contribution in [0.1, 0.15) is 25.5 Å². The van der Waals surface area contributed by atoms with Crippen LogP contribution in [0.15, 0.2) is 18.2 Å². The van der Waals surface area contributed by atoms with E-state index in [1.54, 1.807) is 6.07 Å². The van der Waals surface area contributed by atoms with Gasteiger partial charge in [-0.3, -0.25) is 0 Å². The first-order valence-electron chi connectivity index (χ1n) is 5.88. The van der Waals surface area contributed by atoms with E-state index < -0.39 is 0 Å². The molecule has 0 amide bonds. The Morgan fingerprint density at radius 2 is 2.06 bits per heavy atom. The van der Waals surface area contributed by atoms with E-state index in [0.29, 0.717) is 22.0 Å². The molecule has 0 bridgehead atoms. The van der Waals surface area contributed by atoms with Crippen molar-refractivity contribution in [3.63, 3.8) is 0 Å². The first-order chi connectivity index (χ1) is 8.08. The molecule has 1 heterocycles. The molecule has 17 heavy (non-hydrogen) atoms. The van der Waals surface area contributed by atoms with E-state index in [2.05, 4.69) is 19.2 Å². The topological polar surface area (TPSA) is 21.3 Å². The second-order valence-corrected chi connectivity index (χ2v) is 5.51. The fraction of sp³-hybridized carbons (Fsp3) is 0.538. The molecule has 3 atom stereocenters. The van der Waals surface area contributed by atoms with Crippen molar-refractivity contribution in [3.05, 3.63) is 33.8 Å². The van der Waals surface area contributed by atoms with Crippen LogP contribution in [0.4, 0.5) is 0 Å². The van der Waals surface area contributed by atoms with Gasteiger partial charge in [0, 0.05) is 28.2 Å². The molecule has 0 aromatic heterocycles. The molecule has 1 aliphatic heterocycles. The molecule has 0 saturated carbocycles. The molecule has 2 nitrogen and oxygen atoms in total.